The Bertz CT molecular complexity index is 1770. The molecule has 3 aromatic heterocycles. The Kier molecular flexibility index (Phi) is 6.78. The van der Waals surface area contributed by atoms with Crippen molar-refractivity contribution < 1.29 is 0 Å². The van der Waals surface area contributed by atoms with Gasteiger partial charge in [-0.1, -0.05) is 54.6 Å². The maximum Gasteiger partial charge on any atom is 0.271 e. The Labute approximate surface area is 246 Å². The van der Waals surface area contributed by atoms with Crippen LogP contribution in [0.15, 0.2) is 91.0 Å². The van der Waals surface area contributed by atoms with Crippen LogP contribution in [0.2, 0.25) is 0 Å². The Balaban J connectivity index is 1.64. The molecule has 0 fully saturated rings. The van der Waals surface area contributed by atoms with Gasteiger partial charge in [-0.05, 0) is 93.8 Å². The average molecular weight is 582 g/mol. The molecule has 0 aliphatic carbocycles. The summed E-state index contributed by atoms with van der Waals surface area (Å²) in [5.41, 5.74) is 2.71. The minimum absolute atomic E-state index is 0.455. The summed E-state index contributed by atoms with van der Waals surface area (Å²) in [6.07, 6.45) is 0. The Morgan fingerprint density at radius 2 is 0.700 bits per heavy atom. The molecule has 0 amide bonds. The van der Waals surface area contributed by atoms with Gasteiger partial charge in [0.1, 0.15) is 17.5 Å². The van der Waals surface area contributed by atoms with Crippen molar-refractivity contribution in [3.8, 4) is 17.1 Å². The van der Waals surface area contributed by atoms with Crippen molar-refractivity contribution in [2.45, 2.75) is 20.8 Å². The first-order valence-electron chi connectivity index (χ1n) is 12.6. The number of aryl methyl sites for hydroxylation is 3. The van der Waals surface area contributed by atoms with Crippen molar-refractivity contribution in [2.75, 3.05) is 0 Å². The highest BCUT2D eigenvalue weighted by atomic mass is 32.1. The van der Waals surface area contributed by atoms with Gasteiger partial charge in [0.15, 0.2) is 14.3 Å². The third-order valence-electron chi connectivity index (χ3n) is 6.59. The molecule has 40 heavy (non-hydrogen) atoms. The zero-order valence-corrected chi connectivity index (χ0v) is 24.4. The Morgan fingerprint density at radius 3 is 0.950 bits per heavy atom. The number of benzene rings is 3. The molecular weight excluding hydrogens is 557 g/mol. The van der Waals surface area contributed by atoms with Gasteiger partial charge in [0.25, 0.3) is 7.12 Å². The number of rotatable bonds is 6. The monoisotopic (exact) mass is 581 g/mol. The lowest BCUT2D eigenvalue weighted by atomic mass is 9.96. The molecule has 3 aromatic carbocycles. The first-order chi connectivity index (χ1) is 19.4. The molecule has 6 aromatic rings. The molecule has 199 valence electrons. The smallest absolute Gasteiger partial charge is 0.271 e. The number of hydrogen-bond donors (Lipinski definition) is 0. The summed E-state index contributed by atoms with van der Waals surface area (Å²) in [5.74, 6) is 2.12. The van der Waals surface area contributed by atoms with Crippen LogP contribution in [-0.2, 0) is 0 Å². The zero-order chi connectivity index (χ0) is 28.0. The summed E-state index contributed by atoms with van der Waals surface area (Å²) in [5, 5.41) is 14.7. The predicted octanol–water partition coefficient (Wildman–Crippen LogP) is 5.69. The summed E-state index contributed by atoms with van der Waals surface area (Å²) in [6.45, 7) is 5.74. The lowest BCUT2D eigenvalue weighted by Crippen LogP contribution is -2.44. The van der Waals surface area contributed by atoms with E-state index in [1.165, 1.54) is 0 Å². The van der Waals surface area contributed by atoms with Crippen LogP contribution in [0.4, 0.5) is 0 Å². The van der Waals surface area contributed by atoms with E-state index in [0.29, 0.717) is 31.8 Å². The fraction of sp³-hybridized carbons (Fsp3) is 0.111. The minimum Gasteiger partial charge on any atom is -0.394 e. The lowest BCUT2D eigenvalue weighted by Gasteiger charge is -2.28. The quantitative estimate of drug-likeness (QED) is 0.186. The summed E-state index contributed by atoms with van der Waals surface area (Å²) < 4.78 is 12.2. The second-order valence-electron chi connectivity index (χ2n) is 9.18. The normalized spacial score (nSPS) is 11.4. The predicted molar refractivity (Wildman–Crippen MR) is 163 cm³/mol. The molecule has 0 aliphatic heterocycles. The van der Waals surface area contributed by atoms with E-state index in [2.05, 4.69) is 0 Å². The van der Waals surface area contributed by atoms with Gasteiger partial charge in [-0.15, -0.1) is 0 Å². The summed E-state index contributed by atoms with van der Waals surface area (Å²) in [4.78, 5) is 0. The Hall–Kier alpha value is -4.20. The van der Waals surface area contributed by atoms with Crippen LogP contribution in [0, 0.1) is 35.1 Å². The van der Waals surface area contributed by atoms with Crippen molar-refractivity contribution in [1.82, 2.24) is 42.8 Å². The maximum absolute atomic E-state index is 6.02. The molecule has 0 unspecified atom stereocenters. The van der Waals surface area contributed by atoms with Gasteiger partial charge < -0.3 is 13.8 Å². The Morgan fingerprint density at radius 1 is 0.450 bits per heavy atom. The molecule has 0 saturated heterocycles. The van der Waals surface area contributed by atoms with Crippen molar-refractivity contribution >= 4 is 43.8 Å². The third kappa shape index (κ3) is 4.32. The van der Waals surface area contributed by atoms with E-state index in [1.54, 1.807) is 13.8 Å². The third-order valence-corrected chi connectivity index (χ3v) is 7.70. The molecule has 0 saturated carbocycles. The van der Waals surface area contributed by atoms with Gasteiger partial charge >= 0.3 is 0 Å². The van der Waals surface area contributed by atoms with Gasteiger partial charge in [0.05, 0.1) is 0 Å². The number of hydrogen-bond acceptors (Lipinski definition) is 6. The number of nitrogens with zero attached hydrogens (tertiary/aromatic N) is 9. The summed E-state index contributed by atoms with van der Waals surface area (Å²) in [6, 6.07) is 29.6. The molecule has 0 aliphatic rings. The summed E-state index contributed by atoms with van der Waals surface area (Å²) in [7, 11) is -0.802. The first-order valence-corrected chi connectivity index (χ1v) is 13.8. The average Bonchev–Trinajstić information content (AvgIpc) is 3.54. The van der Waals surface area contributed by atoms with Crippen LogP contribution in [-0.4, -0.2) is 49.9 Å². The molecule has 0 bridgehead atoms. The molecule has 13 heteroatoms. The standard InChI is InChI=1S/C27H24BN9S3/c1-19-29-35(25(38)32(19)22-13-7-4-8-14-22)28(36-26(39)33(20(2)30-36)23-15-9-5-10-16-23)37-27(40)34(21(3)31-37)24-17-11-6-12-18-24/h4-18H,1-3H3/q-1. The lowest BCUT2D eigenvalue weighted by molar-refractivity contribution is 0.744. The molecule has 0 N–H and O–H groups in total. The highest BCUT2D eigenvalue weighted by molar-refractivity contribution is 7.71. The van der Waals surface area contributed by atoms with Crippen LogP contribution in [0.3, 0.4) is 0 Å². The van der Waals surface area contributed by atoms with Gasteiger partial charge in [0, 0.05) is 17.1 Å². The van der Waals surface area contributed by atoms with E-state index >= 15 is 0 Å². The second-order valence-corrected chi connectivity index (χ2v) is 10.3. The van der Waals surface area contributed by atoms with Crippen molar-refractivity contribution in [3.63, 3.8) is 0 Å². The van der Waals surface area contributed by atoms with Crippen molar-refractivity contribution in [2.24, 2.45) is 0 Å². The number of aromatic nitrogens is 9. The van der Waals surface area contributed by atoms with E-state index < -0.39 is 7.12 Å². The largest absolute Gasteiger partial charge is 0.394 e. The van der Waals surface area contributed by atoms with Crippen LogP contribution >= 0.6 is 36.7 Å². The van der Waals surface area contributed by atoms with Gasteiger partial charge in [-0.3, -0.25) is 13.7 Å². The summed E-state index contributed by atoms with van der Waals surface area (Å²) >= 11 is 18.1. The first kappa shape index (κ1) is 26.0. The van der Waals surface area contributed by atoms with Gasteiger partial charge in [-0.2, -0.15) is 15.3 Å². The topological polar surface area (TPSA) is 68.2 Å². The molecule has 0 spiro atoms. The van der Waals surface area contributed by atoms with Crippen LogP contribution in [0.1, 0.15) is 17.5 Å². The van der Waals surface area contributed by atoms with E-state index in [9.17, 15) is 0 Å². The van der Waals surface area contributed by atoms with E-state index in [1.807, 2.05) is 125 Å². The SMILES string of the molecule is Cc1nn([B-](n2nc(C)n(-c3ccccc3)c2=S)n2nc(C)n(-c3ccccc3)c2=S)c(=S)n1-c1ccccc1. The van der Waals surface area contributed by atoms with Crippen molar-refractivity contribution in [3.05, 3.63) is 123 Å². The van der Waals surface area contributed by atoms with E-state index in [0.717, 1.165) is 17.1 Å². The molecule has 1 radical (unpaired) electrons. The van der Waals surface area contributed by atoms with Crippen LogP contribution < -0.4 is 0 Å². The molecule has 6 rings (SSSR count). The number of para-hydroxylation sites is 3. The van der Waals surface area contributed by atoms with E-state index in [4.69, 9.17) is 51.9 Å². The highest BCUT2D eigenvalue weighted by Crippen LogP contribution is 2.18. The van der Waals surface area contributed by atoms with Gasteiger partial charge in [0.2, 0.25) is 0 Å². The highest BCUT2D eigenvalue weighted by Gasteiger charge is 2.22. The van der Waals surface area contributed by atoms with Crippen LogP contribution in [0.5, 0.6) is 0 Å². The fourth-order valence-electron chi connectivity index (χ4n) is 4.84. The van der Waals surface area contributed by atoms with E-state index in [-0.39, 0.29) is 0 Å². The second kappa shape index (κ2) is 10.4. The molecule has 9 nitrogen and oxygen atoms in total. The van der Waals surface area contributed by atoms with Gasteiger partial charge in [-0.25, -0.2) is 0 Å². The minimum atomic E-state index is -0.802. The fourth-order valence-corrected chi connectivity index (χ4v) is 5.96. The molecule has 3 heterocycles. The molecule has 0 atom stereocenters. The maximum atomic E-state index is 6.02. The molecular formula is C27H24BN9S3-. The van der Waals surface area contributed by atoms with Crippen LogP contribution in [0.25, 0.3) is 17.1 Å². The van der Waals surface area contributed by atoms with Crippen molar-refractivity contribution in [1.29, 1.82) is 0 Å². The zero-order valence-electron chi connectivity index (χ0n) is 22.0.